The van der Waals surface area contributed by atoms with Crippen molar-refractivity contribution in [1.29, 1.82) is 0 Å². The van der Waals surface area contributed by atoms with E-state index in [0.717, 1.165) is 10.5 Å². The van der Waals surface area contributed by atoms with E-state index in [1.165, 1.54) is 23.6 Å². The van der Waals surface area contributed by atoms with Crippen LogP contribution < -0.4 is 26.2 Å². The van der Waals surface area contributed by atoms with E-state index in [1.807, 2.05) is 24.0 Å². The number of piperidine rings is 1. The summed E-state index contributed by atoms with van der Waals surface area (Å²) >= 11 is 7.44. The number of nitrogens with one attached hydrogen (secondary N) is 4. The van der Waals surface area contributed by atoms with E-state index in [9.17, 15) is 28.8 Å². The first-order chi connectivity index (χ1) is 25.5. The predicted octanol–water partition coefficient (Wildman–Crippen LogP) is 3.36. The highest BCUT2D eigenvalue weighted by Crippen LogP contribution is 2.33. The molecule has 0 radical (unpaired) electrons. The van der Waals surface area contributed by atoms with Gasteiger partial charge < -0.3 is 25.8 Å². The first-order valence-corrected chi connectivity index (χ1v) is 17.9. The Morgan fingerprint density at radius 2 is 1.77 bits per heavy atom. The molecule has 2 aromatic heterocycles. The number of aryl methyl sites for hydroxylation is 2. The fraction of sp³-hybridized carbons (Fsp3) is 0.286. The number of hydrogen-bond donors (Lipinski definition) is 4. The number of fused-ring (bicyclic) bond motifs is 1. The van der Waals surface area contributed by atoms with Crippen LogP contribution in [0.4, 0.5) is 28.1 Å². The van der Waals surface area contributed by atoms with Crippen molar-refractivity contribution >= 4 is 86.5 Å². The number of imide groups is 2. The monoisotopic (exact) mass is 756 g/mol. The molecule has 1 unspecified atom stereocenters. The third-order valence-electron chi connectivity index (χ3n) is 9.10. The van der Waals surface area contributed by atoms with Gasteiger partial charge in [-0.05, 0) is 44.0 Å². The molecule has 16 nitrogen and oxygen atoms in total. The molecule has 0 aliphatic carbocycles. The summed E-state index contributed by atoms with van der Waals surface area (Å²) in [4.78, 5) is 95.2. The van der Waals surface area contributed by atoms with Crippen LogP contribution in [0.15, 0.2) is 48.7 Å². The van der Waals surface area contributed by atoms with E-state index in [1.54, 1.807) is 36.1 Å². The maximum atomic E-state index is 13.4. The molecule has 2 fully saturated rings. The van der Waals surface area contributed by atoms with Crippen LogP contribution in [0.25, 0.3) is 0 Å². The number of thiazole rings is 1. The zero-order chi connectivity index (χ0) is 37.4. The minimum Gasteiger partial charge on any atom is -0.375 e. The lowest BCUT2D eigenvalue weighted by Gasteiger charge is -2.35. The minimum atomic E-state index is -1.08. The molecular weight excluding hydrogens is 724 g/mol. The Kier molecular flexibility index (Phi) is 9.76. The summed E-state index contributed by atoms with van der Waals surface area (Å²) in [5.74, 6) is -1.25. The highest BCUT2D eigenvalue weighted by molar-refractivity contribution is 7.17. The molecule has 0 bridgehead atoms. The van der Waals surface area contributed by atoms with Crippen molar-refractivity contribution in [2.45, 2.75) is 32.7 Å². The SMILES string of the molecule is Cc1nc(Nc2ncc(C(=O)Nc3c(C)cccc3Cl)s2)cc(N2CCN(C(=O)CNc3cccc4c3C(=O)N(C3CCC(=O)NC3=O)C4=O)CC2)n1. The highest BCUT2D eigenvalue weighted by Gasteiger charge is 2.45. The van der Waals surface area contributed by atoms with Gasteiger partial charge in [0.25, 0.3) is 17.7 Å². The van der Waals surface area contributed by atoms with E-state index in [4.69, 9.17) is 11.6 Å². The Bertz CT molecular complexity index is 2170. The van der Waals surface area contributed by atoms with Crippen LogP contribution in [0.1, 0.15) is 54.6 Å². The first kappa shape index (κ1) is 35.5. The summed E-state index contributed by atoms with van der Waals surface area (Å²) in [5.41, 5.74) is 1.91. The maximum Gasteiger partial charge on any atom is 0.267 e. The molecular formula is C35H33ClN10O6S. The molecule has 5 heterocycles. The average molecular weight is 757 g/mol. The molecule has 272 valence electrons. The van der Waals surface area contributed by atoms with Gasteiger partial charge in [0.1, 0.15) is 28.4 Å². The molecule has 1 atom stereocenters. The molecule has 53 heavy (non-hydrogen) atoms. The zero-order valence-electron chi connectivity index (χ0n) is 28.6. The van der Waals surface area contributed by atoms with Crippen LogP contribution in [0.2, 0.25) is 5.02 Å². The number of nitrogens with zero attached hydrogens (tertiary/aromatic N) is 6. The van der Waals surface area contributed by atoms with Gasteiger partial charge in [-0.3, -0.25) is 39.0 Å². The standard InChI is InChI=1S/C35H33ClN10O6S/c1-18-5-3-7-21(36)30(18)43-32(50)24-16-38-35(53-24)41-25-15-26(40-19(2)39-25)44-11-13-45(14-12-44)28(48)17-37-22-8-4-6-20-29(22)34(52)46(33(20)51)23-9-10-27(47)42-31(23)49/h3-8,15-16,23,37H,9-14,17H2,1-2H3,(H,43,50)(H,42,47,49)(H,38,39,40,41). The fourth-order valence-electron chi connectivity index (χ4n) is 6.42. The van der Waals surface area contributed by atoms with Crippen LogP contribution in [-0.2, 0) is 14.4 Å². The van der Waals surface area contributed by atoms with E-state index in [0.29, 0.717) is 70.0 Å². The van der Waals surface area contributed by atoms with Gasteiger partial charge in [0, 0.05) is 44.4 Å². The number of carbonyl (C=O) groups is 6. The van der Waals surface area contributed by atoms with Gasteiger partial charge >= 0.3 is 0 Å². The Morgan fingerprint density at radius 3 is 2.53 bits per heavy atom. The Labute approximate surface area is 311 Å². The van der Waals surface area contributed by atoms with Crippen LogP contribution in [0.5, 0.6) is 0 Å². The molecule has 3 aliphatic rings. The summed E-state index contributed by atoms with van der Waals surface area (Å²) in [7, 11) is 0. The number of amides is 6. The molecule has 2 aromatic carbocycles. The number of aromatic nitrogens is 3. The third kappa shape index (κ3) is 7.25. The second-order valence-electron chi connectivity index (χ2n) is 12.6. The number of benzene rings is 2. The summed E-state index contributed by atoms with van der Waals surface area (Å²) in [6.45, 7) is 5.33. The molecule has 3 aliphatic heterocycles. The number of hydrogen-bond acceptors (Lipinski definition) is 13. The van der Waals surface area contributed by atoms with Gasteiger partial charge in [-0.15, -0.1) is 0 Å². The number of halogens is 1. The molecule has 6 amide bonds. The largest absolute Gasteiger partial charge is 0.375 e. The fourth-order valence-corrected chi connectivity index (χ4v) is 7.41. The smallest absolute Gasteiger partial charge is 0.267 e. The van der Waals surface area contributed by atoms with Crippen molar-refractivity contribution in [2.24, 2.45) is 0 Å². The van der Waals surface area contributed by atoms with E-state index in [-0.39, 0.29) is 42.3 Å². The van der Waals surface area contributed by atoms with Crippen molar-refractivity contribution in [1.82, 2.24) is 30.1 Å². The number of anilines is 5. The van der Waals surface area contributed by atoms with Crippen molar-refractivity contribution in [3.05, 3.63) is 81.1 Å². The summed E-state index contributed by atoms with van der Waals surface area (Å²) in [6, 6.07) is 10.8. The van der Waals surface area contributed by atoms with E-state index < -0.39 is 29.7 Å². The zero-order valence-corrected chi connectivity index (χ0v) is 30.1. The van der Waals surface area contributed by atoms with Crippen molar-refractivity contribution in [2.75, 3.05) is 53.6 Å². The third-order valence-corrected chi connectivity index (χ3v) is 10.3. The van der Waals surface area contributed by atoms with Crippen LogP contribution in [0, 0.1) is 13.8 Å². The number of rotatable bonds is 9. The summed E-state index contributed by atoms with van der Waals surface area (Å²) in [5, 5.41) is 12.1. The van der Waals surface area contributed by atoms with Crippen molar-refractivity contribution in [3.8, 4) is 0 Å². The van der Waals surface area contributed by atoms with Crippen molar-refractivity contribution in [3.63, 3.8) is 0 Å². The summed E-state index contributed by atoms with van der Waals surface area (Å²) < 4.78 is 0. The predicted molar refractivity (Wildman–Crippen MR) is 197 cm³/mol. The topological polar surface area (TPSA) is 199 Å². The van der Waals surface area contributed by atoms with Gasteiger partial charge in [-0.25, -0.2) is 15.0 Å². The second kappa shape index (κ2) is 14.6. The van der Waals surface area contributed by atoms with Crippen LogP contribution in [0.3, 0.4) is 0 Å². The van der Waals surface area contributed by atoms with Crippen LogP contribution >= 0.6 is 22.9 Å². The van der Waals surface area contributed by atoms with E-state index >= 15 is 0 Å². The Balaban J connectivity index is 0.942. The highest BCUT2D eigenvalue weighted by atomic mass is 35.5. The molecule has 4 aromatic rings. The molecule has 2 saturated heterocycles. The molecule has 4 N–H and O–H groups in total. The second-order valence-corrected chi connectivity index (χ2v) is 14.0. The lowest BCUT2D eigenvalue weighted by Crippen LogP contribution is -2.54. The van der Waals surface area contributed by atoms with Crippen molar-refractivity contribution < 1.29 is 28.8 Å². The number of piperazine rings is 1. The molecule has 0 saturated carbocycles. The maximum absolute atomic E-state index is 13.4. The Hall–Kier alpha value is -5.94. The van der Waals surface area contributed by atoms with Gasteiger partial charge in [0.15, 0.2) is 5.13 Å². The normalized spacial score (nSPS) is 17.1. The lowest BCUT2D eigenvalue weighted by atomic mass is 10.0. The van der Waals surface area contributed by atoms with Crippen LogP contribution in [-0.4, -0.2) is 99.0 Å². The Morgan fingerprint density at radius 1 is 1.00 bits per heavy atom. The first-order valence-electron chi connectivity index (χ1n) is 16.7. The quantitative estimate of drug-likeness (QED) is 0.182. The van der Waals surface area contributed by atoms with Gasteiger partial charge in [-0.1, -0.05) is 41.1 Å². The number of para-hydroxylation sites is 1. The lowest BCUT2D eigenvalue weighted by molar-refractivity contribution is -0.136. The molecule has 0 spiro atoms. The average Bonchev–Trinajstić information content (AvgIpc) is 3.70. The number of carbonyl (C=O) groups excluding carboxylic acids is 6. The van der Waals surface area contributed by atoms with E-state index in [2.05, 4.69) is 36.2 Å². The van der Waals surface area contributed by atoms with Gasteiger partial charge in [0.2, 0.25) is 17.7 Å². The van der Waals surface area contributed by atoms with Gasteiger partial charge in [-0.2, -0.15) is 0 Å². The minimum absolute atomic E-state index is 0.0204. The molecule has 7 rings (SSSR count). The molecule has 18 heteroatoms. The summed E-state index contributed by atoms with van der Waals surface area (Å²) in [6.07, 6.45) is 1.55. The van der Waals surface area contributed by atoms with Gasteiger partial charge in [0.05, 0.1) is 34.6 Å².